The standard InChI is InChI=1S/C30H31BrClN3O6S/c1-3-39-23-15-18(14-21(31)26(23)41-17-19-10-8-9-12-22(19)32)16-33-35-28(37)27(36)34-29-25(30(38)40-4-2)20-11-6-5-7-13-24(20)42-29/h8-10,12,14-16H,3-7,11,13,17H2,1-2H3,(H,34,36)(H,35,37). The zero-order valence-corrected chi connectivity index (χ0v) is 26.4. The molecule has 0 saturated carbocycles. The third-order valence-electron chi connectivity index (χ3n) is 6.38. The van der Waals surface area contributed by atoms with Crippen molar-refractivity contribution in [3.8, 4) is 11.5 Å². The topological polar surface area (TPSA) is 115 Å². The van der Waals surface area contributed by atoms with Crippen LogP contribution in [0, 0.1) is 0 Å². The first-order chi connectivity index (χ1) is 20.3. The third-order valence-corrected chi connectivity index (χ3v) is 8.54. The number of halogens is 2. The van der Waals surface area contributed by atoms with Crippen LogP contribution in [-0.2, 0) is 33.8 Å². The van der Waals surface area contributed by atoms with E-state index in [1.54, 1.807) is 25.1 Å². The summed E-state index contributed by atoms with van der Waals surface area (Å²) in [5, 5.41) is 7.45. The number of fused-ring (bicyclic) bond motifs is 1. The molecule has 12 heteroatoms. The molecule has 1 aromatic heterocycles. The number of nitrogens with zero attached hydrogens (tertiary/aromatic N) is 1. The van der Waals surface area contributed by atoms with Crippen LogP contribution in [0.3, 0.4) is 0 Å². The first-order valence-electron chi connectivity index (χ1n) is 13.6. The Labute approximate surface area is 261 Å². The highest BCUT2D eigenvalue weighted by atomic mass is 79.9. The minimum atomic E-state index is -0.978. The fourth-order valence-electron chi connectivity index (χ4n) is 4.46. The lowest BCUT2D eigenvalue weighted by Gasteiger charge is -2.15. The van der Waals surface area contributed by atoms with Gasteiger partial charge in [-0.2, -0.15) is 5.10 Å². The van der Waals surface area contributed by atoms with E-state index < -0.39 is 17.8 Å². The summed E-state index contributed by atoms with van der Waals surface area (Å²) in [6.45, 7) is 4.42. The van der Waals surface area contributed by atoms with E-state index in [1.807, 2.05) is 25.1 Å². The van der Waals surface area contributed by atoms with Crippen molar-refractivity contribution in [2.45, 2.75) is 52.6 Å². The van der Waals surface area contributed by atoms with Gasteiger partial charge >= 0.3 is 17.8 Å². The van der Waals surface area contributed by atoms with Crippen molar-refractivity contribution in [2.24, 2.45) is 5.10 Å². The number of aryl methyl sites for hydroxylation is 1. The molecule has 0 spiro atoms. The van der Waals surface area contributed by atoms with Gasteiger partial charge in [-0.1, -0.05) is 36.2 Å². The van der Waals surface area contributed by atoms with Crippen LogP contribution in [-0.4, -0.2) is 37.2 Å². The van der Waals surface area contributed by atoms with Gasteiger partial charge in [0.05, 0.1) is 29.5 Å². The number of ether oxygens (including phenoxy) is 3. The maximum Gasteiger partial charge on any atom is 0.341 e. The van der Waals surface area contributed by atoms with Gasteiger partial charge in [-0.05, 0) is 84.8 Å². The Bertz CT molecular complexity index is 1490. The van der Waals surface area contributed by atoms with Crippen molar-refractivity contribution in [3.05, 3.63) is 73.0 Å². The molecule has 2 aromatic carbocycles. The molecule has 0 aliphatic heterocycles. The van der Waals surface area contributed by atoms with Crippen LogP contribution in [0.25, 0.3) is 0 Å². The Morgan fingerprint density at radius 3 is 2.60 bits per heavy atom. The quantitative estimate of drug-likeness (QED) is 0.0815. The zero-order chi connectivity index (χ0) is 30.1. The SMILES string of the molecule is CCOC(=O)c1c(NC(=O)C(=O)NN=Cc2cc(Br)c(OCc3ccccc3Cl)c(OCC)c2)sc2c1CCCCC2. The minimum absolute atomic E-state index is 0.210. The van der Waals surface area contributed by atoms with Gasteiger partial charge in [0.25, 0.3) is 0 Å². The number of nitrogens with one attached hydrogen (secondary N) is 2. The highest BCUT2D eigenvalue weighted by Crippen LogP contribution is 2.39. The average Bonchev–Trinajstić information content (AvgIpc) is 3.13. The first kappa shape index (κ1) is 31.5. The molecule has 2 N–H and O–H groups in total. The maximum atomic E-state index is 12.7. The summed E-state index contributed by atoms with van der Waals surface area (Å²) >= 11 is 11.1. The minimum Gasteiger partial charge on any atom is -0.490 e. The third kappa shape index (κ3) is 7.90. The number of carbonyl (C=O) groups excluding carboxylic acids is 3. The van der Waals surface area contributed by atoms with E-state index in [2.05, 4.69) is 31.8 Å². The molecule has 4 rings (SSSR count). The molecule has 0 radical (unpaired) electrons. The van der Waals surface area contributed by atoms with Crippen LogP contribution in [0.15, 0.2) is 46.0 Å². The summed E-state index contributed by atoms with van der Waals surface area (Å²) in [6, 6.07) is 10.8. The number of rotatable bonds is 10. The second kappa shape index (κ2) is 15.2. The lowest BCUT2D eigenvalue weighted by molar-refractivity contribution is -0.136. The van der Waals surface area contributed by atoms with E-state index in [9.17, 15) is 14.4 Å². The largest absolute Gasteiger partial charge is 0.490 e. The lowest BCUT2D eigenvalue weighted by Crippen LogP contribution is -2.32. The van der Waals surface area contributed by atoms with Gasteiger partial charge in [0, 0.05) is 15.5 Å². The molecular formula is C30H31BrClN3O6S. The smallest absolute Gasteiger partial charge is 0.341 e. The van der Waals surface area contributed by atoms with Crippen molar-refractivity contribution < 1.29 is 28.6 Å². The summed E-state index contributed by atoms with van der Waals surface area (Å²) in [5.74, 6) is -1.46. The van der Waals surface area contributed by atoms with Crippen molar-refractivity contribution in [3.63, 3.8) is 0 Å². The molecule has 0 saturated heterocycles. The molecule has 0 bridgehead atoms. The molecule has 1 aliphatic carbocycles. The van der Waals surface area contributed by atoms with Crippen molar-refractivity contribution in [1.29, 1.82) is 0 Å². The van der Waals surface area contributed by atoms with Crippen molar-refractivity contribution in [2.75, 3.05) is 18.5 Å². The number of anilines is 1. The number of esters is 1. The number of carbonyl (C=O) groups is 3. The van der Waals surface area contributed by atoms with Gasteiger partial charge in [0.2, 0.25) is 0 Å². The Balaban J connectivity index is 1.43. The molecule has 222 valence electrons. The Kier molecular flexibility index (Phi) is 11.4. The van der Waals surface area contributed by atoms with Crippen molar-refractivity contribution >= 4 is 67.9 Å². The summed E-state index contributed by atoms with van der Waals surface area (Å²) in [5.41, 5.74) is 4.90. The Morgan fingerprint density at radius 2 is 1.83 bits per heavy atom. The highest BCUT2D eigenvalue weighted by Gasteiger charge is 2.28. The second-order valence-electron chi connectivity index (χ2n) is 9.29. The number of hydrazone groups is 1. The summed E-state index contributed by atoms with van der Waals surface area (Å²) in [6.07, 6.45) is 5.97. The Morgan fingerprint density at radius 1 is 1.05 bits per heavy atom. The van der Waals surface area contributed by atoms with Crippen LogP contribution < -0.4 is 20.2 Å². The van der Waals surface area contributed by atoms with Gasteiger partial charge in [-0.15, -0.1) is 11.3 Å². The van der Waals surface area contributed by atoms with Gasteiger partial charge < -0.3 is 19.5 Å². The highest BCUT2D eigenvalue weighted by molar-refractivity contribution is 9.10. The predicted molar refractivity (Wildman–Crippen MR) is 167 cm³/mol. The number of benzene rings is 2. The van der Waals surface area contributed by atoms with Crippen LogP contribution >= 0.6 is 38.9 Å². The summed E-state index contributed by atoms with van der Waals surface area (Å²) in [4.78, 5) is 39.1. The van der Waals surface area contributed by atoms with Crippen LogP contribution in [0.5, 0.6) is 11.5 Å². The summed E-state index contributed by atoms with van der Waals surface area (Å²) in [7, 11) is 0. The predicted octanol–water partition coefficient (Wildman–Crippen LogP) is 6.68. The van der Waals surface area contributed by atoms with E-state index >= 15 is 0 Å². The van der Waals surface area contributed by atoms with E-state index in [0.29, 0.717) is 43.7 Å². The molecule has 3 aromatic rings. The number of amides is 2. The van der Waals surface area contributed by atoms with Crippen molar-refractivity contribution in [1.82, 2.24) is 5.43 Å². The first-order valence-corrected chi connectivity index (χ1v) is 15.6. The molecule has 0 fully saturated rings. The second-order valence-corrected chi connectivity index (χ2v) is 11.7. The monoisotopic (exact) mass is 675 g/mol. The molecule has 9 nitrogen and oxygen atoms in total. The van der Waals surface area contributed by atoms with E-state index in [4.69, 9.17) is 25.8 Å². The van der Waals surface area contributed by atoms with Gasteiger partial charge in [0.1, 0.15) is 11.6 Å². The Hall–Kier alpha value is -3.41. The lowest BCUT2D eigenvalue weighted by atomic mass is 10.1. The van der Waals surface area contributed by atoms with E-state index in [0.717, 1.165) is 48.1 Å². The number of thiophene rings is 1. The fourth-order valence-corrected chi connectivity index (χ4v) is 6.49. The van der Waals surface area contributed by atoms with Crippen LogP contribution in [0.1, 0.15) is 65.0 Å². The van der Waals surface area contributed by atoms with Crippen LogP contribution in [0.2, 0.25) is 5.02 Å². The molecule has 0 unspecified atom stereocenters. The van der Waals surface area contributed by atoms with Gasteiger partial charge in [0.15, 0.2) is 11.5 Å². The molecule has 1 heterocycles. The van der Waals surface area contributed by atoms with Gasteiger partial charge in [-0.25, -0.2) is 10.2 Å². The van der Waals surface area contributed by atoms with E-state index in [1.165, 1.54) is 17.6 Å². The maximum absolute atomic E-state index is 12.7. The fraction of sp³-hybridized carbons (Fsp3) is 0.333. The average molecular weight is 677 g/mol. The zero-order valence-electron chi connectivity index (χ0n) is 23.3. The molecule has 0 atom stereocenters. The molecule has 42 heavy (non-hydrogen) atoms. The molecule has 2 amide bonds. The van der Waals surface area contributed by atoms with E-state index in [-0.39, 0.29) is 13.2 Å². The van der Waals surface area contributed by atoms with Gasteiger partial charge in [-0.3, -0.25) is 9.59 Å². The number of hydrogen-bond donors (Lipinski definition) is 2. The molecule has 1 aliphatic rings. The van der Waals surface area contributed by atoms with Crippen LogP contribution in [0.4, 0.5) is 5.00 Å². The normalized spacial score (nSPS) is 12.8. The molecular weight excluding hydrogens is 646 g/mol. The number of hydrogen-bond acceptors (Lipinski definition) is 8. The summed E-state index contributed by atoms with van der Waals surface area (Å²) < 4.78 is 17.6.